The minimum atomic E-state index is -4.63. The highest BCUT2D eigenvalue weighted by Gasteiger charge is 2.33. The summed E-state index contributed by atoms with van der Waals surface area (Å²) in [5, 5.41) is 13.7. The summed E-state index contributed by atoms with van der Waals surface area (Å²) >= 11 is 5.62. The van der Waals surface area contributed by atoms with Crippen LogP contribution in [-0.4, -0.2) is 27.1 Å². The predicted molar refractivity (Wildman–Crippen MR) is 117 cm³/mol. The van der Waals surface area contributed by atoms with Gasteiger partial charge >= 0.3 is 12.2 Å². The number of nitrogens with zero attached hydrogens (tertiary/aromatic N) is 2. The van der Waals surface area contributed by atoms with Gasteiger partial charge in [-0.3, -0.25) is 9.89 Å². The summed E-state index contributed by atoms with van der Waals surface area (Å²) in [5.74, 6) is -1.65. The van der Waals surface area contributed by atoms with Crippen molar-refractivity contribution in [3.8, 4) is 0 Å². The maximum absolute atomic E-state index is 14.5. The zero-order chi connectivity index (χ0) is 24.5. The molecule has 2 aromatic carbocycles. The van der Waals surface area contributed by atoms with E-state index in [4.69, 9.17) is 11.6 Å². The van der Waals surface area contributed by atoms with Crippen molar-refractivity contribution in [2.75, 3.05) is 16.0 Å². The maximum Gasteiger partial charge on any atom is 0.417 e. The molecule has 3 amide bonds. The van der Waals surface area contributed by atoms with Gasteiger partial charge in [0, 0.05) is 16.8 Å². The van der Waals surface area contributed by atoms with Crippen LogP contribution >= 0.6 is 11.6 Å². The first-order chi connectivity index (χ1) is 16.1. The zero-order valence-corrected chi connectivity index (χ0v) is 17.6. The molecule has 4 rings (SSSR count). The number of H-pyrrole nitrogens is 1. The van der Waals surface area contributed by atoms with E-state index in [2.05, 4.69) is 31.1 Å². The first-order valence-electron chi connectivity index (χ1n) is 9.45. The third-order valence-corrected chi connectivity index (χ3v) is 4.87. The van der Waals surface area contributed by atoms with Crippen molar-refractivity contribution in [2.45, 2.75) is 6.18 Å². The summed E-state index contributed by atoms with van der Waals surface area (Å²) in [4.78, 5) is 28.6. The molecule has 0 bridgehead atoms. The molecule has 0 spiro atoms. The van der Waals surface area contributed by atoms with Gasteiger partial charge < -0.3 is 16.0 Å². The van der Waals surface area contributed by atoms with Gasteiger partial charge in [0.1, 0.15) is 5.82 Å². The fraction of sp³-hybridized carbons (Fsp3) is 0.0476. The molecule has 0 unspecified atom stereocenters. The van der Waals surface area contributed by atoms with Crippen molar-refractivity contribution in [3.05, 3.63) is 76.8 Å². The molecule has 0 aliphatic heterocycles. The molecule has 0 saturated carbocycles. The van der Waals surface area contributed by atoms with Crippen LogP contribution in [-0.2, 0) is 6.18 Å². The highest BCUT2D eigenvalue weighted by Crippen LogP contribution is 2.35. The van der Waals surface area contributed by atoms with Gasteiger partial charge in [-0.05, 0) is 42.5 Å². The molecule has 0 atom stereocenters. The van der Waals surface area contributed by atoms with Gasteiger partial charge in [0.25, 0.3) is 5.91 Å². The van der Waals surface area contributed by atoms with E-state index in [9.17, 15) is 27.2 Å². The van der Waals surface area contributed by atoms with E-state index in [0.29, 0.717) is 16.7 Å². The van der Waals surface area contributed by atoms with Crippen LogP contribution < -0.4 is 16.0 Å². The molecule has 13 heteroatoms. The predicted octanol–water partition coefficient (Wildman–Crippen LogP) is 5.67. The second-order valence-corrected chi connectivity index (χ2v) is 7.36. The number of aromatic amines is 1. The number of anilines is 3. The Morgan fingerprint density at radius 1 is 0.912 bits per heavy atom. The lowest BCUT2D eigenvalue weighted by molar-refractivity contribution is -0.137. The number of hydrogen-bond donors (Lipinski definition) is 4. The van der Waals surface area contributed by atoms with Crippen LogP contribution in [0.15, 0.2) is 54.9 Å². The highest BCUT2D eigenvalue weighted by molar-refractivity contribution is 6.31. The van der Waals surface area contributed by atoms with E-state index < -0.39 is 34.5 Å². The molecule has 4 N–H and O–H groups in total. The smallest absolute Gasteiger partial charge is 0.320 e. The van der Waals surface area contributed by atoms with Gasteiger partial charge in [-0.25, -0.2) is 14.2 Å². The average molecular weight is 493 g/mol. The van der Waals surface area contributed by atoms with Crippen molar-refractivity contribution in [2.24, 2.45) is 0 Å². The number of benzene rings is 2. The number of nitrogens with one attached hydrogen (secondary N) is 4. The Hall–Kier alpha value is -4.19. The van der Waals surface area contributed by atoms with E-state index in [1.165, 1.54) is 24.5 Å². The lowest BCUT2D eigenvalue weighted by Gasteiger charge is -2.12. The second kappa shape index (κ2) is 8.98. The zero-order valence-electron chi connectivity index (χ0n) is 16.8. The van der Waals surface area contributed by atoms with Gasteiger partial charge in [-0.2, -0.15) is 18.3 Å². The average Bonchev–Trinajstić information content (AvgIpc) is 3.20. The number of aromatic nitrogens is 3. The number of carbonyl (C=O) groups excluding carboxylic acids is 2. The quantitative estimate of drug-likeness (QED) is 0.275. The summed E-state index contributed by atoms with van der Waals surface area (Å²) in [6.07, 6.45) is -1.74. The Labute approximate surface area is 193 Å². The molecule has 4 aromatic rings. The van der Waals surface area contributed by atoms with Crippen LogP contribution in [0.4, 0.5) is 39.4 Å². The summed E-state index contributed by atoms with van der Waals surface area (Å²) in [7, 11) is 0. The second-order valence-electron chi connectivity index (χ2n) is 6.95. The number of carbonyl (C=O) groups is 2. The molecule has 0 fully saturated rings. The van der Waals surface area contributed by atoms with Crippen LogP contribution in [0.2, 0.25) is 5.02 Å². The standard InChI is InChI=1S/C21H13ClF4N6O2/c22-16-6-11(2-4-15(16)21(24,25)26)30-20(34)31-12-1-3-14(17(23)7-12)19(33)29-13-5-10-8-28-32-18(10)27-9-13/h1-9H,(H,29,33)(H,27,28,32)(H2,30,31,34). The monoisotopic (exact) mass is 492 g/mol. The van der Waals surface area contributed by atoms with Gasteiger partial charge in [0.2, 0.25) is 0 Å². The number of alkyl halides is 3. The van der Waals surface area contributed by atoms with Gasteiger partial charge in [-0.1, -0.05) is 11.6 Å². The SMILES string of the molecule is O=C(Nc1ccc(C(=O)Nc2cnc3[nH]ncc3c2)c(F)c1)Nc1ccc(C(F)(F)F)c(Cl)c1. The number of pyridine rings is 1. The lowest BCUT2D eigenvalue weighted by Crippen LogP contribution is -2.20. The summed E-state index contributed by atoms with van der Waals surface area (Å²) in [5.41, 5.74) is -0.475. The Bertz CT molecular complexity index is 1410. The first-order valence-corrected chi connectivity index (χ1v) is 9.83. The van der Waals surface area contributed by atoms with Gasteiger partial charge in [0.05, 0.1) is 34.2 Å². The fourth-order valence-electron chi connectivity index (χ4n) is 3.00. The molecule has 8 nitrogen and oxygen atoms in total. The molecule has 2 heterocycles. The summed E-state index contributed by atoms with van der Waals surface area (Å²) in [6, 6.07) is 6.82. The largest absolute Gasteiger partial charge is 0.417 e. The number of hydrogen-bond acceptors (Lipinski definition) is 4. The van der Waals surface area contributed by atoms with Crippen LogP contribution in [0.25, 0.3) is 11.0 Å². The Morgan fingerprint density at radius 3 is 2.29 bits per heavy atom. The van der Waals surface area contributed by atoms with E-state index in [1.807, 2.05) is 0 Å². The molecule has 34 heavy (non-hydrogen) atoms. The number of rotatable bonds is 4. The van der Waals surface area contributed by atoms with E-state index in [1.54, 1.807) is 6.07 Å². The van der Waals surface area contributed by atoms with Crippen molar-refractivity contribution in [1.82, 2.24) is 15.2 Å². The fourth-order valence-corrected chi connectivity index (χ4v) is 3.28. The Kier molecular flexibility index (Phi) is 6.07. The van der Waals surface area contributed by atoms with Gasteiger partial charge in [0.15, 0.2) is 5.65 Å². The van der Waals surface area contributed by atoms with Crippen LogP contribution in [0.5, 0.6) is 0 Å². The number of urea groups is 1. The molecule has 0 radical (unpaired) electrons. The Balaban J connectivity index is 1.41. The van der Waals surface area contributed by atoms with Gasteiger partial charge in [-0.15, -0.1) is 0 Å². The van der Waals surface area contributed by atoms with Crippen molar-refractivity contribution in [3.63, 3.8) is 0 Å². The minimum absolute atomic E-state index is 0.00447. The molecule has 0 aliphatic rings. The molecule has 2 aromatic heterocycles. The maximum atomic E-state index is 14.5. The topological polar surface area (TPSA) is 112 Å². The normalized spacial score (nSPS) is 11.3. The third-order valence-electron chi connectivity index (χ3n) is 4.55. The third kappa shape index (κ3) is 5.07. The number of fused-ring (bicyclic) bond motifs is 1. The molecule has 0 saturated heterocycles. The van der Waals surface area contributed by atoms with Crippen molar-refractivity contribution in [1.29, 1.82) is 0 Å². The lowest BCUT2D eigenvalue weighted by atomic mass is 10.1. The van der Waals surface area contributed by atoms with Crippen molar-refractivity contribution >= 4 is 51.6 Å². The Morgan fingerprint density at radius 2 is 1.62 bits per heavy atom. The van der Waals surface area contributed by atoms with Crippen LogP contribution in [0.3, 0.4) is 0 Å². The molecule has 0 aliphatic carbocycles. The summed E-state index contributed by atoms with van der Waals surface area (Å²) < 4.78 is 52.8. The van der Waals surface area contributed by atoms with Crippen LogP contribution in [0, 0.1) is 5.82 Å². The van der Waals surface area contributed by atoms with Crippen molar-refractivity contribution < 1.29 is 27.2 Å². The van der Waals surface area contributed by atoms with Crippen LogP contribution in [0.1, 0.15) is 15.9 Å². The van der Waals surface area contributed by atoms with E-state index in [-0.39, 0.29) is 16.9 Å². The molecular formula is C21H13ClF4N6O2. The minimum Gasteiger partial charge on any atom is -0.320 e. The summed E-state index contributed by atoms with van der Waals surface area (Å²) in [6.45, 7) is 0. The highest BCUT2D eigenvalue weighted by atomic mass is 35.5. The van der Waals surface area contributed by atoms with E-state index in [0.717, 1.165) is 24.3 Å². The number of amides is 3. The first kappa shape index (κ1) is 23.0. The molecular weight excluding hydrogens is 480 g/mol. The van der Waals surface area contributed by atoms with E-state index >= 15 is 0 Å². The number of halogens is 5. The molecule has 174 valence electrons.